The minimum atomic E-state index is -0.625. The van der Waals surface area contributed by atoms with E-state index in [0.29, 0.717) is 6.42 Å². The van der Waals surface area contributed by atoms with Gasteiger partial charge in [-0.25, -0.2) is 4.79 Å². The van der Waals surface area contributed by atoms with Crippen molar-refractivity contribution in [3.8, 4) is 0 Å². The van der Waals surface area contributed by atoms with Gasteiger partial charge in [0.05, 0.1) is 13.2 Å². The van der Waals surface area contributed by atoms with Crippen LogP contribution in [0.2, 0.25) is 0 Å². The van der Waals surface area contributed by atoms with Gasteiger partial charge in [0.15, 0.2) is 0 Å². The molecular formula is C10H20N2O3. The number of nitrogens with two attached hydrogens (primary N) is 1. The lowest BCUT2D eigenvalue weighted by Crippen LogP contribution is -2.50. The summed E-state index contributed by atoms with van der Waals surface area (Å²) in [4.78, 5) is 22.8. The molecule has 0 aromatic heterocycles. The summed E-state index contributed by atoms with van der Waals surface area (Å²) in [5.41, 5.74) is 5.54. The van der Waals surface area contributed by atoms with Crippen LogP contribution in [0.1, 0.15) is 27.2 Å². The van der Waals surface area contributed by atoms with Gasteiger partial charge in [0.2, 0.25) is 5.91 Å². The third-order valence-electron chi connectivity index (χ3n) is 2.20. The molecule has 1 unspecified atom stereocenters. The standard InChI is InChI=1S/C10H20N2O3/c1-5-7(11)9(13)12-8(6(2)3)10(14)15-4/h6-8H,5,11H2,1-4H3,(H,12,13)/t7-,8?/m1/s1. The molecule has 88 valence electrons. The minimum absolute atomic E-state index is 0.0227. The van der Waals surface area contributed by atoms with E-state index in [1.54, 1.807) is 0 Å². The largest absolute Gasteiger partial charge is 0.467 e. The van der Waals surface area contributed by atoms with Crippen molar-refractivity contribution in [1.29, 1.82) is 0 Å². The highest BCUT2D eigenvalue weighted by Crippen LogP contribution is 2.04. The predicted molar refractivity (Wildman–Crippen MR) is 57.1 cm³/mol. The third-order valence-corrected chi connectivity index (χ3v) is 2.20. The highest BCUT2D eigenvalue weighted by molar-refractivity contribution is 5.87. The van der Waals surface area contributed by atoms with Crippen molar-refractivity contribution >= 4 is 11.9 Å². The average molecular weight is 216 g/mol. The second-order valence-corrected chi connectivity index (χ2v) is 3.77. The predicted octanol–water partition coefficient (Wildman–Crippen LogP) is 0.0375. The van der Waals surface area contributed by atoms with Crippen molar-refractivity contribution < 1.29 is 14.3 Å². The number of esters is 1. The zero-order valence-electron chi connectivity index (χ0n) is 9.74. The lowest BCUT2D eigenvalue weighted by atomic mass is 10.0. The van der Waals surface area contributed by atoms with Crippen LogP contribution in [0, 0.1) is 5.92 Å². The molecule has 0 spiro atoms. The van der Waals surface area contributed by atoms with Gasteiger partial charge in [-0.05, 0) is 12.3 Å². The van der Waals surface area contributed by atoms with Crippen LogP contribution < -0.4 is 11.1 Å². The maximum Gasteiger partial charge on any atom is 0.328 e. The molecule has 5 heteroatoms. The Morgan fingerprint density at radius 1 is 1.40 bits per heavy atom. The molecular weight excluding hydrogens is 196 g/mol. The Kier molecular flexibility index (Phi) is 5.93. The summed E-state index contributed by atoms with van der Waals surface area (Å²) in [6.45, 7) is 5.48. The van der Waals surface area contributed by atoms with E-state index in [2.05, 4.69) is 10.1 Å². The smallest absolute Gasteiger partial charge is 0.328 e. The van der Waals surface area contributed by atoms with Gasteiger partial charge in [-0.15, -0.1) is 0 Å². The molecule has 5 nitrogen and oxygen atoms in total. The second-order valence-electron chi connectivity index (χ2n) is 3.77. The normalized spacial score (nSPS) is 14.5. The highest BCUT2D eigenvalue weighted by atomic mass is 16.5. The minimum Gasteiger partial charge on any atom is -0.467 e. The molecule has 0 bridgehead atoms. The Bertz CT molecular complexity index is 229. The van der Waals surface area contributed by atoms with Gasteiger partial charge in [0.1, 0.15) is 6.04 Å². The fourth-order valence-corrected chi connectivity index (χ4v) is 1.07. The van der Waals surface area contributed by atoms with Gasteiger partial charge in [-0.3, -0.25) is 4.79 Å². The zero-order valence-corrected chi connectivity index (χ0v) is 9.74. The molecule has 0 aliphatic carbocycles. The first-order valence-electron chi connectivity index (χ1n) is 5.07. The van der Waals surface area contributed by atoms with Crippen molar-refractivity contribution in [2.24, 2.45) is 11.7 Å². The van der Waals surface area contributed by atoms with Gasteiger partial charge >= 0.3 is 5.97 Å². The molecule has 0 radical (unpaired) electrons. The number of carbonyl (C=O) groups is 2. The number of carbonyl (C=O) groups excluding carboxylic acids is 2. The molecule has 0 rings (SSSR count). The van der Waals surface area contributed by atoms with Crippen LogP contribution in [-0.2, 0) is 14.3 Å². The van der Waals surface area contributed by atoms with Crippen LogP contribution in [0.4, 0.5) is 0 Å². The molecule has 0 aliphatic rings. The number of rotatable bonds is 5. The number of hydrogen-bond donors (Lipinski definition) is 2. The molecule has 0 heterocycles. The summed E-state index contributed by atoms with van der Waals surface area (Å²) in [5.74, 6) is -0.784. The molecule has 0 aromatic carbocycles. The highest BCUT2D eigenvalue weighted by Gasteiger charge is 2.26. The van der Waals surface area contributed by atoms with E-state index in [4.69, 9.17) is 5.73 Å². The van der Waals surface area contributed by atoms with Crippen LogP contribution in [0.5, 0.6) is 0 Å². The van der Waals surface area contributed by atoms with Crippen molar-refractivity contribution in [2.45, 2.75) is 39.3 Å². The lowest BCUT2D eigenvalue weighted by Gasteiger charge is -2.21. The first-order chi connectivity index (χ1) is 6.93. The second kappa shape index (κ2) is 6.40. The summed E-state index contributed by atoms with van der Waals surface area (Å²) < 4.78 is 4.59. The quantitative estimate of drug-likeness (QED) is 0.636. The van der Waals surface area contributed by atoms with Crippen LogP contribution >= 0.6 is 0 Å². The van der Waals surface area contributed by atoms with Crippen LogP contribution in [0.25, 0.3) is 0 Å². The van der Waals surface area contributed by atoms with Crippen molar-refractivity contribution in [3.05, 3.63) is 0 Å². The Morgan fingerprint density at radius 2 is 1.93 bits per heavy atom. The number of amides is 1. The SMILES string of the molecule is CC[C@@H](N)C(=O)NC(C(=O)OC)C(C)C. The Balaban J connectivity index is 4.42. The monoisotopic (exact) mass is 216 g/mol. The lowest BCUT2D eigenvalue weighted by molar-refractivity contribution is -0.146. The molecule has 2 atom stereocenters. The molecule has 0 aliphatic heterocycles. The maximum absolute atomic E-state index is 11.5. The third kappa shape index (κ3) is 4.29. The van der Waals surface area contributed by atoms with Crippen LogP contribution in [-0.4, -0.2) is 31.1 Å². The van der Waals surface area contributed by atoms with Crippen LogP contribution in [0.15, 0.2) is 0 Å². The van der Waals surface area contributed by atoms with Gasteiger partial charge < -0.3 is 15.8 Å². The Labute approximate surface area is 90.4 Å². The number of nitrogens with one attached hydrogen (secondary N) is 1. The average Bonchev–Trinajstić information content (AvgIpc) is 2.22. The van der Waals surface area contributed by atoms with E-state index in [1.807, 2.05) is 20.8 Å². The molecule has 3 N–H and O–H groups in total. The molecule has 0 saturated heterocycles. The zero-order chi connectivity index (χ0) is 12.0. The first kappa shape index (κ1) is 13.9. The Morgan fingerprint density at radius 3 is 2.27 bits per heavy atom. The van der Waals surface area contributed by atoms with Crippen molar-refractivity contribution in [3.63, 3.8) is 0 Å². The van der Waals surface area contributed by atoms with Gasteiger partial charge in [0.25, 0.3) is 0 Å². The summed E-state index contributed by atoms with van der Waals surface area (Å²) in [6, 6.07) is -1.20. The number of ether oxygens (including phenoxy) is 1. The van der Waals surface area contributed by atoms with E-state index < -0.39 is 18.1 Å². The topological polar surface area (TPSA) is 81.4 Å². The fraction of sp³-hybridized carbons (Fsp3) is 0.800. The molecule has 15 heavy (non-hydrogen) atoms. The number of methoxy groups -OCH3 is 1. The van der Waals surface area contributed by atoms with E-state index in [1.165, 1.54) is 7.11 Å². The maximum atomic E-state index is 11.5. The van der Waals surface area contributed by atoms with Gasteiger partial charge in [-0.1, -0.05) is 20.8 Å². The van der Waals surface area contributed by atoms with E-state index in [0.717, 1.165) is 0 Å². The molecule has 0 fully saturated rings. The van der Waals surface area contributed by atoms with E-state index in [9.17, 15) is 9.59 Å². The van der Waals surface area contributed by atoms with Gasteiger partial charge in [0, 0.05) is 0 Å². The molecule has 0 saturated carbocycles. The summed E-state index contributed by atoms with van der Waals surface area (Å²) >= 11 is 0. The summed E-state index contributed by atoms with van der Waals surface area (Å²) in [7, 11) is 1.30. The first-order valence-corrected chi connectivity index (χ1v) is 5.07. The molecule has 1 amide bonds. The number of hydrogen-bond acceptors (Lipinski definition) is 4. The Hall–Kier alpha value is -1.10. The van der Waals surface area contributed by atoms with Crippen molar-refractivity contribution in [2.75, 3.05) is 7.11 Å². The van der Waals surface area contributed by atoms with Gasteiger partial charge in [-0.2, -0.15) is 0 Å². The van der Waals surface area contributed by atoms with Crippen molar-refractivity contribution in [1.82, 2.24) is 5.32 Å². The summed E-state index contributed by atoms with van der Waals surface area (Å²) in [5, 5.41) is 2.58. The fourth-order valence-electron chi connectivity index (χ4n) is 1.07. The van der Waals surface area contributed by atoms with E-state index in [-0.39, 0.29) is 11.8 Å². The molecule has 0 aromatic rings. The summed E-state index contributed by atoms with van der Waals surface area (Å²) in [6.07, 6.45) is 0.540. The van der Waals surface area contributed by atoms with Crippen LogP contribution in [0.3, 0.4) is 0 Å². The van der Waals surface area contributed by atoms with E-state index >= 15 is 0 Å².